The summed E-state index contributed by atoms with van der Waals surface area (Å²) in [6.07, 6.45) is 10.1. The van der Waals surface area contributed by atoms with Gasteiger partial charge in [-0.05, 0) is 30.7 Å². The van der Waals surface area contributed by atoms with Gasteiger partial charge in [0.2, 0.25) is 0 Å². The molecular formula is C26H26FN7O3. The number of benzene rings is 1. The smallest absolute Gasteiger partial charge is 0.414 e. The average Bonchev–Trinajstić information content (AvgIpc) is 3.67. The monoisotopic (exact) mass is 503 g/mol. The van der Waals surface area contributed by atoms with Gasteiger partial charge in [-0.25, -0.2) is 13.9 Å². The maximum absolute atomic E-state index is 15.1. The van der Waals surface area contributed by atoms with Gasteiger partial charge in [0.15, 0.2) is 0 Å². The summed E-state index contributed by atoms with van der Waals surface area (Å²) >= 11 is 0. The minimum atomic E-state index is -0.516. The third-order valence-corrected chi connectivity index (χ3v) is 6.71. The SMILES string of the molecule is O=C1O[C@@H](Cn2ccnn2)CN1c1ccc(-c2ccc(C3=NO[C@H](CN4CC=CCC4)C3)nc2)c(F)c1. The van der Waals surface area contributed by atoms with Crippen molar-refractivity contribution < 1.29 is 18.8 Å². The van der Waals surface area contributed by atoms with Crippen molar-refractivity contribution in [3.8, 4) is 11.1 Å². The van der Waals surface area contributed by atoms with Crippen molar-refractivity contribution in [2.75, 3.05) is 31.1 Å². The molecule has 2 aromatic heterocycles. The van der Waals surface area contributed by atoms with Gasteiger partial charge in [-0.3, -0.25) is 14.8 Å². The number of carbonyl (C=O) groups excluding carboxylic acids is 1. The van der Waals surface area contributed by atoms with Crippen LogP contribution in [0.15, 0.2) is 66.2 Å². The van der Waals surface area contributed by atoms with Gasteiger partial charge in [0.1, 0.15) is 23.7 Å². The first-order chi connectivity index (χ1) is 18.1. The Labute approximate surface area is 213 Å². The molecule has 1 saturated heterocycles. The van der Waals surface area contributed by atoms with E-state index >= 15 is 4.39 Å². The van der Waals surface area contributed by atoms with E-state index in [2.05, 4.69) is 37.5 Å². The van der Waals surface area contributed by atoms with E-state index in [0.717, 1.165) is 37.5 Å². The summed E-state index contributed by atoms with van der Waals surface area (Å²) in [4.78, 5) is 26.3. The highest BCUT2D eigenvalue weighted by Gasteiger charge is 2.33. The second-order valence-electron chi connectivity index (χ2n) is 9.33. The van der Waals surface area contributed by atoms with E-state index in [0.29, 0.717) is 36.3 Å². The fourth-order valence-corrected chi connectivity index (χ4v) is 4.82. The Hall–Kier alpha value is -4.12. The lowest BCUT2D eigenvalue weighted by molar-refractivity contribution is 0.0551. The average molecular weight is 504 g/mol. The zero-order valence-corrected chi connectivity index (χ0v) is 20.1. The van der Waals surface area contributed by atoms with E-state index in [1.807, 2.05) is 12.1 Å². The van der Waals surface area contributed by atoms with Gasteiger partial charge in [0.25, 0.3) is 0 Å². The third kappa shape index (κ3) is 5.08. The third-order valence-electron chi connectivity index (χ3n) is 6.71. The minimum Gasteiger partial charge on any atom is -0.442 e. The molecule has 11 heteroatoms. The van der Waals surface area contributed by atoms with Crippen LogP contribution in [-0.2, 0) is 16.1 Å². The van der Waals surface area contributed by atoms with Gasteiger partial charge >= 0.3 is 6.09 Å². The summed E-state index contributed by atoms with van der Waals surface area (Å²) in [6.45, 7) is 3.49. The molecule has 6 rings (SSSR count). The molecule has 190 valence electrons. The largest absolute Gasteiger partial charge is 0.442 e. The van der Waals surface area contributed by atoms with Crippen LogP contribution in [0.5, 0.6) is 0 Å². The lowest BCUT2D eigenvalue weighted by Crippen LogP contribution is -2.35. The molecule has 2 atom stereocenters. The van der Waals surface area contributed by atoms with Crippen LogP contribution in [0.25, 0.3) is 11.1 Å². The van der Waals surface area contributed by atoms with Gasteiger partial charge in [0, 0.05) is 49.6 Å². The van der Waals surface area contributed by atoms with E-state index in [-0.39, 0.29) is 6.10 Å². The first kappa shape index (κ1) is 23.3. The maximum atomic E-state index is 15.1. The quantitative estimate of drug-likeness (QED) is 0.457. The number of halogens is 1. The molecule has 3 aromatic rings. The number of cyclic esters (lactones) is 1. The molecule has 3 aliphatic rings. The second kappa shape index (κ2) is 10.1. The predicted molar refractivity (Wildman–Crippen MR) is 133 cm³/mol. The number of aromatic nitrogens is 4. The van der Waals surface area contributed by atoms with Crippen LogP contribution in [0.4, 0.5) is 14.9 Å². The van der Waals surface area contributed by atoms with E-state index in [1.54, 1.807) is 35.4 Å². The van der Waals surface area contributed by atoms with E-state index in [9.17, 15) is 4.79 Å². The van der Waals surface area contributed by atoms with Crippen LogP contribution in [-0.4, -0.2) is 75.1 Å². The van der Waals surface area contributed by atoms with E-state index < -0.39 is 18.0 Å². The zero-order chi connectivity index (χ0) is 25.2. The summed E-state index contributed by atoms with van der Waals surface area (Å²) in [5.74, 6) is -0.447. The first-order valence-electron chi connectivity index (χ1n) is 12.3. The topological polar surface area (TPSA) is 98.0 Å². The molecule has 0 bridgehead atoms. The maximum Gasteiger partial charge on any atom is 0.414 e. The molecule has 37 heavy (non-hydrogen) atoms. The second-order valence-corrected chi connectivity index (χ2v) is 9.33. The molecule has 0 spiro atoms. The molecule has 0 unspecified atom stereocenters. The first-order valence-corrected chi connectivity index (χ1v) is 12.3. The number of oxime groups is 1. The summed E-state index contributed by atoms with van der Waals surface area (Å²) in [7, 11) is 0. The van der Waals surface area contributed by atoms with Gasteiger partial charge in [0.05, 0.1) is 30.7 Å². The fraction of sp³-hybridized carbons (Fsp3) is 0.346. The number of anilines is 1. The zero-order valence-electron chi connectivity index (χ0n) is 20.1. The Morgan fingerprint density at radius 2 is 2.05 bits per heavy atom. The Balaban J connectivity index is 1.09. The normalized spacial score (nSPS) is 21.7. The summed E-state index contributed by atoms with van der Waals surface area (Å²) in [5, 5.41) is 11.9. The van der Waals surface area contributed by atoms with Crippen LogP contribution in [0, 0.1) is 5.82 Å². The van der Waals surface area contributed by atoms with Gasteiger partial charge in [-0.1, -0.05) is 28.6 Å². The fourth-order valence-electron chi connectivity index (χ4n) is 4.82. The van der Waals surface area contributed by atoms with Gasteiger partial charge in [-0.2, -0.15) is 0 Å². The molecular weight excluding hydrogens is 477 g/mol. The van der Waals surface area contributed by atoms with Crippen molar-refractivity contribution in [3.63, 3.8) is 0 Å². The highest BCUT2D eigenvalue weighted by molar-refractivity contribution is 5.99. The number of rotatable bonds is 7. The molecule has 0 N–H and O–H groups in total. The number of hydrogen-bond acceptors (Lipinski definition) is 8. The summed E-state index contributed by atoms with van der Waals surface area (Å²) in [5.41, 5.74) is 2.99. The van der Waals surface area contributed by atoms with Crippen molar-refractivity contribution in [2.24, 2.45) is 5.16 Å². The molecule has 1 amide bonds. The van der Waals surface area contributed by atoms with E-state index in [4.69, 9.17) is 9.57 Å². The molecule has 10 nitrogen and oxygen atoms in total. The Kier molecular flexibility index (Phi) is 6.35. The highest BCUT2D eigenvalue weighted by atomic mass is 19.1. The van der Waals surface area contributed by atoms with Crippen molar-refractivity contribution in [3.05, 3.63) is 72.6 Å². The van der Waals surface area contributed by atoms with Crippen molar-refractivity contribution in [1.29, 1.82) is 0 Å². The summed E-state index contributed by atoms with van der Waals surface area (Å²) < 4.78 is 22.1. The standard InChI is InChI=1S/C26H26FN7O3/c27-23-12-19(34-17-21(36-26(34)35)16-33-11-8-29-31-33)5-6-22(23)18-4-7-24(28-14-18)25-13-20(37-30-25)15-32-9-2-1-3-10-32/h1-2,4-8,11-12,14,20-21H,3,9-10,13,15-17H2/t20-,21-/m0/s1. The van der Waals surface area contributed by atoms with Crippen LogP contribution >= 0.6 is 0 Å². The molecule has 0 saturated carbocycles. The molecule has 5 heterocycles. The molecule has 1 fully saturated rings. The van der Waals surface area contributed by atoms with Crippen LogP contribution < -0.4 is 4.90 Å². The lowest BCUT2D eigenvalue weighted by atomic mass is 10.0. The van der Waals surface area contributed by atoms with Crippen LogP contribution in [0.2, 0.25) is 0 Å². The molecule has 3 aliphatic heterocycles. The summed E-state index contributed by atoms with van der Waals surface area (Å²) in [6, 6.07) is 8.37. The number of nitrogens with zero attached hydrogens (tertiary/aromatic N) is 7. The lowest BCUT2D eigenvalue weighted by Gasteiger charge is -2.24. The highest BCUT2D eigenvalue weighted by Crippen LogP contribution is 2.29. The number of ether oxygens (including phenoxy) is 1. The number of carbonyl (C=O) groups is 1. The van der Waals surface area contributed by atoms with E-state index in [1.165, 1.54) is 11.0 Å². The van der Waals surface area contributed by atoms with Crippen molar-refractivity contribution in [2.45, 2.75) is 31.6 Å². The molecule has 0 aliphatic carbocycles. The van der Waals surface area contributed by atoms with Gasteiger partial charge in [-0.15, -0.1) is 5.10 Å². The Bertz CT molecular complexity index is 1330. The van der Waals surface area contributed by atoms with Crippen LogP contribution in [0.3, 0.4) is 0 Å². The van der Waals surface area contributed by atoms with Gasteiger partial charge < -0.3 is 9.57 Å². The minimum absolute atomic E-state index is 0.0149. The number of amides is 1. The van der Waals surface area contributed by atoms with Crippen molar-refractivity contribution in [1.82, 2.24) is 24.9 Å². The Morgan fingerprint density at radius 3 is 2.81 bits per heavy atom. The van der Waals surface area contributed by atoms with Crippen LogP contribution in [0.1, 0.15) is 18.5 Å². The molecule has 1 aromatic carbocycles. The number of pyridine rings is 1. The Morgan fingerprint density at radius 1 is 1.11 bits per heavy atom. The van der Waals surface area contributed by atoms with Crippen molar-refractivity contribution >= 4 is 17.5 Å². The predicted octanol–water partition coefficient (Wildman–Crippen LogP) is 3.26. The molecule has 0 radical (unpaired) electrons. The number of hydrogen-bond donors (Lipinski definition) is 0.